The van der Waals surface area contributed by atoms with Crippen molar-refractivity contribution in [3.05, 3.63) is 16.1 Å². The third-order valence-electron chi connectivity index (χ3n) is 2.79. The Hall–Kier alpha value is -0.680. The molecule has 1 aliphatic carbocycles. The van der Waals surface area contributed by atoms with Crippen LogP contribution in [-0.4, -0.2) is 16.1 Å². The van der Waals surface area contributed by atoms with Crippen LogP contribution in [0.15, 0.2) is 5.38 Å². The first-order valence-corrected chi connectivity index (χ1v) is 6.98. The molecule has 1 heterocycles. The average molecular weight is 255 g/mol. The summed E-state index contributed by atoms with van der Waals surface area (Å²) in [6.07, 6.45) is 5.15. The summed E-state index contributed by atoms with van der Waals surface area (Å²) in [6.45, 7) is 2.74. The molecule has 0 aromatic carbocycles. The van der Waals surface area contributed by atoms with Crippen LogP contribution in [0.25, 0.3) is 0 Å². The highest BCUT2D eigenvalue weighted by Gasteiger charge is 2.15. The fourth-order valence-corrected chi connectivity index (χ4v) is 2.82. The van der Waals surface area contributed by atoms with E-state index in [-0.39, 0.29) is 0 Å². The monoisotopic (exact) mass is 255 g/mol. The Balaban J connectivity index is 1.71. The van der Waals surface area contributed by atoms with E-state index >= 15 is 0 Å². The molecule has 0 atom stereocenters. The van der Waals surface area contributed by atoms with Gasteiger partial charge in [0.1, 0.15) is 0 Å². The minimum absolute atomic E-state index is 0.581. The first-order valence-electron chi connectivity index (χ1n) is 5.69. The van der Waals surface area contributed by atoms with E-state index in [9.17, 15) is 0 Å². The van der Waals surface area contributed by atoms with Crippen LogP contribution in [0.4, 0.5) is 0 Å². The van der Waals surface area contributed by atoms with Crippen LogP contribution in [0, 0.1) is 6.92 Å². The maximum absolute atomic E-state index is 5.25. The van der Waals surface area contributed by atoms with Crippen molar-refractivity contribution < 1.29 is 0 Å². The van der Waals surface area contributed by atoms with Gasteiger partial charge in [-0.1, -0.05) is 12.8 Å². The molecular formula is C11H17N3S2. The van der Waals surface area contributed by atoms with Crippen molar-refractivity contribution in [1.29, 1.82) is 0 Å². The molecule has 1 aromatic rings. The molecule has 3 nitrogen and oxygen atoms in total. The number of thiazole rings is 1. The molecule has 0 amide bonds. The largest absolute Gasteiger partial charge is 0.360 e. The third kappa shape index (κ3) is 3.42. The van der Waals surface area contributed by atoms with Gasteiger partial charge >= 0.3 is 0 Å². The van der Waals surface area contributed by atoms with E-state index in [1.54, 1.807) is 11.3 Å². The number of nitrogens with one attached hydrogen (secondary N) is 2. The Labute approximate surface area is 106 Å². The lowest BCUT2D eigenvalue weighted by atomic mass is 10.3. The van der Waals surface area contributed by atoms with E-state index in [0.717, 1.165) is 22.4 Å². The van der Waals surface area contributed by atoms with Crippen molar-refractivity contribution in [3.63, 3.8) is 0 Å². The van der Waals surface area contributed by atoms with E-state index < -0.39 is 0 Å². The maximum Gasteiger partial charge on any atom is 0.166 e. The van der Waals surface area contributed by atoms with E-state index in [4.69, 9.17) is 12.2 Å². The van der Waals surface area contributed by atoms with Gasteiger partial charge in [0.25, 0.3) is 0 Å². The van der Waals surface area contributed by atoms with Gasteiger partial charge in [0.15, 0.2) is 5.11 Å². The molecular weight excluding hydrogens is 238 g/mol. The Morgan fingerprint density at radius 1 is 1.56 bits per heavy atom. The fourth-order valence-electron chi connectivity index (χ4n) is 1.97. The van der Waals surface area contributed by atoms with Crippen molar-refractivity contribution in [1.82, 2.24) is 15.6 Å². The molecule has 0 saturated heterocycles. The summed E-state index contributed by atoms with van der Waals surface area (Å²) in [5, 5.41) is 10.5. The van der Waals surface area contributed by atoms with Crippen molar-refractivity contribution in [2.24, 2.45) is 0 Å². The molecule has 1 fully saturated rings. The predicted molar refractivity (Wildman–Crippen MR) is 71.7 cm³/mol. The van der Waals surface area contributed by atoms with Gasteiger partial charge in [-0.25, -0.2) is 4.98 Å². The number of hydrogen-bond acceptors (Lipinski definition) is 3. The van der Waals surface area contributed by atoms with Gasteiger partial charge in [0.05, 0.1) is 17.2 Å². The summed E-state index contributed by atoms with van der Waals surface area (Å²) in [5.74, 6) is 0. The second-order valence-electron chi connectivity index (χ2n) is 4.17. The van der Waals surface area contributed by atoms with Crippen molar-refractivity contribution >= 4 is 28.7 Å². The molecule has 88 valence electrons. The van der Waals surface area contributed by atoms with Crippen LogP contribution in [-0.2, 0) is 6.54 Å². The molecule has 2 rings (SSSR count). The number of rotatable bonds is 3. The summed E-state index contributed by atoms with van der Waals surface area (Å²) in [5.41, 5.74) is 1.07. The Bertz CT molecular complexity index is 356. The Morgan fingerprint density at radius 2 is 2.31 bits per heavy atom. The summed E-state index contributed by atoms with van der Waals surface area (Å²) >= 11 is 6.92. The van der Waals surface area contributed by atoms with Gasteiger partial charge in [-0.05, 0) is 32.0 Å². The normalized spacial score (nSPS) is 16.3. The lowest BCUT2D eigenvalue weighted by Crippen LogP contribution is -2.40. The van der Waals surface area contributed by atoms with Crippen LogP contribution in [0.1, 0.15) is 36.4 Å². The molecule has 1 aliphatic rings. The third-order valence-corrected chi connectivity index (χ3v) is 3.87. The van der Waals surface area contributed by atoms with E-state index in [1.165, 1.54) is 25.7 Å². The van der Waals surface area contributed by atoms with Crippen LogP contribution in [0.3, 0.4) is 0 Å². The zero-order chi connectivity index (χ0) is 11.4. The molecule has 0 unspecified atom stereocenters. The molecule has 0 aliphatic heterocycles. The van der Waals surface area contributed by atoms with E-state index in [1.807, 2.05) is 6.92 Å². The van der Waals surface area contributed by atoms with Crippen LogP contribution in [0.5, 0.6) is 0 Å². The molecule has 0 radical (unpaired) electrons. The standard InChI is InChI=1S/C11H17N3S2/c1-8-13-10(7-16-8)6-12-11(15)14-9-4-2-3-5-9/h7,9H,2-6H2,1H3,(H2,12,14,15). The van der Waals surface area contributed by atoms with E-state index in [0.29, 0.717) is 6.04 Å². The van der Waals surface area contributed by atoms with Gasteiger partial charge in [-0.3, -0.25) is 0 Å². The quantitative estimate of drug-likeness (QED) is 0.813. The van der Waals surface area contributed by atoms with Gasteiger partial charge in [-0.15, -0.1) is 11.3 Å². The number of hydrogen-bond donors (Lipinski definition) is 2. The summed E-state index contributed by atoms with van der Waals surface area (Å²) in [7, 11) is 0. The SMILES string of the molecule is Cc1nc(CNC(=S)NC2CCCC2)cs1. The molecule has 0 spiro atoms. The lowest BCUT2D eigenvalue weighted by molar-refractivity contribution is 0.620. The highest BCUT2D eigenvalue weighted by atomic mass is 32.1. The minimum atomic E-state index is 0.581. The molecule has 0 bridgehead atoms. The van der Waals surface area contributed by atoms with Gasteiger partial charge in [0.2, 0.25) is 0 Å². The Kier molecular flexibility index (Phi) is 4.12. The molecule has 1 aromatic heterocycles. The molecule has 1 saturated carbocycles. The zero-order valence-electron chi connectivity index (χ0n) is 9.45. The van der Waals surface area contributed by atoms with Crippen molar-refractivity contribution in [3.8, 4) is 0 Å². The van der Waals surface area contributed by atoms with Crippen LogP contribution < -0.4 is 10.6 Å². The summed E-state index contributed by atoms with van der Waals surface area (Å²) in [4.78, 5) is 4.38. The van der Waals surface area contributed by atoms with Crippen LogP contribution >= 0.6 is 23.6 Å². The first-order chi connectivity index (χ1) is 7.74. The van der Waals surface area contributed by atoms with Gasteiger partial charge in [0, 0.05) is 11.4 Å². The molecule has 5 heteroatoms. The lowest BCUT2D eigenvalue weighted by Gasteiger charge is -2.14. The minimum Gasteiger partial charge on any atom is -0.360 e. The predicted octanol–water partition coefficient (Wildman–Crippen LogP) is 2.36. The topological polar surface area (TPSA) is 37.0 Å². The fraction of sp³-hybridized carbons (Fsp3) is 0.636. The second kappa shape index (κ2) is 5.59. The number of aromatic nitrogens is 1. The number of thiocarbonyl (C=S) groups is 1. The highest BCUT2D eigenvalue weighted by Crippen LogP contribution is 2.17. The first kappa shape index (κ1) is 11.8. The smallest absolute Gasteiger partial charge is 0.166 e. The van der Waals surface area contributed by atoms with Crippen molar-refractivity contribution in [2.75, 3.05) is 0 Å². The summed E-state index contributed by atoms with van der Waals surface area (Å²) in [6, 6.07) is 0.581. The average Bonchev–Trinajstić information content (AvgIpc) is 2.87. The van der Waals surface area contributed by atoms with Gasteiger partial charge in [-0.2, -0.15) is 0 Å². The Morgan fingerprint density at radius 3 is 2.94 bits per heavy atom. The molecule has 16 heavy (non-hydrogen) atoms. The maximum atomic E-state index is 5.25. The second-order valence-corrected chi connectivity index (χ2v) is 5.64. The van der Waals surface area contributed by atoms with Crippen LogP contribution in [0.2, 0.25) is 0 Å². The van der Waals surface area contributed by atoms with Crippen molar-refractivity contribution in [2.45, 2.75) is 45.2 Å². The summed E-state index contributed by atoms with van der Waals surface area (Å²) < 4.78 is 0. The van der Waals surface area contributed by atoms with Gasteiger partial charge < -0.3 is 10.6 Å². The molecule has 2 N–H and O–H groups in total. The van der Waals surface area contributed by atoms with E-state index in [2.05, 4.69) is 21.0 Å². The zero-order valence-corrected chi connectivity index (χ0v) is 11.1. The highest BCUT2D eigenvalue weighted by molar-refractivity contribution is 7.80. The number of aryl methyl sites for hydroxylation is 1. The number of nitrogens with zero attached hydrogens (tertiary/aromatic N) is 1.